The minimum atomic E-state index is -0.477. The molecule has 114 valence electrons. The summed E-state index contributed by atoms with van der Waals surface area (Å²) >= 11 is 5.90. The third-order valence-electron chi connectivity index (χ3n) is 3.76. The summed E-state index contributed by atoms with van der Waals surface area (Å²) in [5, 5.41) is 20.4. The molecule has 7 heteroatoms. The number of nitrogens with zero attached hydrogens (tertiary/aromatic N) is 2. The van der Waals surface area contributed by atoms with Crippen LogP contribution < -0.4 is 11.0 Å². The van der Waals surface area contributed by atoms with Gasteiger partial charge in [0.1, 0.15) is 16.5 Å². The molecule has 1 aliphatic rings. The van der Waals surface area contributed by atoms with Crippen molar-refractivity contribution in [2.24, 2.45) is 5.10 Å². The Morgan fingerprint density at radius 3 is 3.05 bits per heavy atom. The van der Waals surface area contributed by atoms with Crippen LogP contribution in [0.15, 0.2) is 28.2 Å². The first-order chi connectivity index (χ1) is 10.6. The molecule has 0 spiro atoms. The van der Waals surface area contributed by atoms with Gasteiger partial charge in [0.15, 0.2) is 0 Å². The molecular weight excluding hydrogens is 304 g/mol. The lowest BCUT2D eigenvalue weighted by Gasteiger charge is -2.21. The molecule has 0 unspecified atom stereocenters. The number of halogens is 1. The van der Waals surface area contributed by atoms with Gasteiger partial charge in [-0.1, -0.05) is 17.7 Å². The predicted molar refractivity (Wildman–Crippen MR) is 85.8 cm³/mol. The molecule has 0 amide bonds. The van der Waals surface area contributed by atoms with Crippen LogP contribution in [0.5, 0.6) is 5.75 Å². The monoisotopic (exact) mass is 318 g/mol. The molecule has 1 heterocycles. The number of rotatable bonds is 2. The lowest BCUT2D eigenvalue weighted by molar-refractivity contribution is 0.472. The van der Waals surface area contributed by atoms with Crippen LogP contribution in [-0.2, 0) is 6.42 Å². The van der Waals surface area contributed by atoms with Crippen LogP contribution in [0.25, 0.3) is 0 Å². The smallest absolute Gasteiger partial charge is 0.285 e. The van der Waals surface area contributed by atoms with Gasteiger partial charge in [0.05, 0.1) is 11.9 Å². The molecule has 0 aliphatic heterocycles. The van der Waals surface area contributed by atoms with E-state index >= 15 is 0 Å². The number of hydrogen-bond donors (Lipinski definition) is 3. The maximum Gasteiger partial charge on any atom is 0.285 e. The third kappa shape index (κ3) is 2.57. The second-order valence-electron chi connectivity index (χ2n) is 5.21. The highest BCUT2D eigenvalue weighted by Gasteiger charge is 2.21. The van der Waals surface area contributed by atoms with Crippen molar-refractivity contribution in [2.45, 2.75) is 26.2 Å². The summed E-state index contributed by atoms with van der Waals surface area (Å²) in [6, 6.07) is 3.58. The number of aryl methyl sites for hydroxylation is 1. The summed E-state index contributed by atoms with van der Waals surface area (Å²) in [6.45, 7) is 2.02. The normalized spacial score (nSPS) is 15.6. The van der Waals surface area contributed by atoms with Crippen LogP contribution in [-0.4, -0.2) is 21.0 Å². The fraction of sp³-hybridized carbons (Fsp3) is 0.267. The number of phenols is 1. The van der Waals surface area contributed by atoms with E-state index < -0.39 is 5.56 Å². The van der Waals surface area contributed by atoms with E-state index in [1.807, 2.05) is 13.0 Å². The van der Waals surface area contributed by atoms with E-state index in [0.29, 0.717) is 5.69 Å². The lowest BCUT2D eigenvalue weighted by Crippen LogP contribution is -2.16. The van der Waals surface area contributed by atoms with E-state index in [2.05, 4.69) is 20.7 Å². The number of fused-ring (bicyclic) bond motifs is 1. The molecule has 6 nitrogen and oxygen atoms in total. The first-order valence-electron chi connectivity index (χ1n) is 6.95. The van der Waals surface area contributed by atoms with Gasteiger partial charge in [0.2, 0.25) is 0 Å². The van der Waals surface area contributed by atoms with Crippen molar-refractivity contribution in [1.29, 1.82) is 0 Å². The van der Waals surface area contributed by atoms with Gasteiger partial charge in [-0.15, -0.1) is 0 Å². The molecule has 3 rings (SSSR count). The van der Waals surface area contributed by atoms with Gasteiger partial charge in [-0.3, -0.25) is 10.2 Å². The van der Waals surface area contributed by atoms with E-state index in [1.165, 1.54) is 6.20 Å². The Morgan fingerprint density at radius 2 is 2.23 bits per heavy atom. The number of benzene rings is 1. The van der Waals surface area contributed by atoms with E-state index in [4.69, 9.17) is 11.6 Å². The van der Waals surface area contributed by atoms with Crippen molar-refractivity contribution in [3.05, 3.63) is 50.4 Å². The fourth-order valence-corrected chi connectivity index (χ4v) is 2.78. The molecule has 1 aliphatic carbocycles. The van der Waals surface area contributed by atoms with Crippen molar-refractivity contribution in [2.75, 3.05) is 5.43 Å². The Labute approximate surface area is 131 Å². The number of aromatic amines is 1. The standard InChI is InChI=1S/C15H15ClN4O2/c1-8-5-6-12(21)13-9(8)3-2-4-10(13)18-19-11-7-17-20-15(22)14(11)16/h5-7,21H,2-4H2,1H3,(H2,19,20,22)/b18-10+. The molecule has 1 aromatic carbocycles. The molecule has 0 bridgehead atoms. The zero-order valence-corrected chi connectivity index (χ0v) is 12.7. The van der Waals surface area contributed by atoms with Gasteiger partial charge < -0.3 is 5.11 Å². The fourth-order valence-electron chi connectivity index (χ4n) is 2.64. The van der Waals surface area contributed by atoms with E-state index in [0.717, 1.165) is 41.7 Å². The summed E-state index contributed by atoms with van der Waals surface area (Å²) in [7, 11) is 0. The molecule has 3 N–H and O–H groups in total. The average molecular weight is 319 g/mol. The van der Waals surface area contributed by atoms with Crippen LogP contribution in [0.4, 0.5) is 5.69 Å². The molecule has 1 aromatic heterocycles. The third-order valence-corrected chi connectivity index (χ3v) is 4.14. The van der Waals surface area contributed by atoms with E-state index in [-0.39, 0.29) is 10.8 Å². The summed E-state index contributed by atoms with van der Waals surface area (Å²) < 4.78 is 0. The Morgan fingerprint density at radius 1 is 1.41 bits per heavy atom. The van der Waals surface area contributed by atoms with Crippen LogP contribution in [0.2, 0.25) is 5.02 Å². The SMILES string of the molecule is Cc1ccc(O)c2c1CCC/C2=N\Nc1cn[nH]c(=O)c1Cl. The number of H-pyrrole nitrogens is 1. The Balaban J connectivity index is 1.99. The highest BCUT2D eigenvalue weighted by Crippen LogP contribution is 2.31. The average Bonchev–Trinajstić information content (AvgIpc) is 2.52. The van der Waals surface area contributed by atoms with E-state index in [1.54, 1.807) is 6.07 Å². The Kier molecular flexibility index (Phi) is 3.85. The molecule has 0 radical (unpaired) electrons. The van der Waals surface area contributed by atoms with Gasteiger partial charge in [-0.2, -0.15) is 10.2 Å². The van der Waals surface area contributed by atoms with E-state index in [9.17, 15) is 9.90 Å². The second-order valence-corrected chi connectivity index (χ2v) is 5.58. The first-order valence-corrected chi connectivity index (χ1v) is 7.33. The largest absolute Gasteiger partial charge is 0.507 e. The summed E-state index contributed by atoms with van der Waals surface area (Å²) in [4.78, 5) is 11.4. The van der Waals surface area contributed by atoms with Crippen LogP contribution in [0, 0.1) is 6.92 Å². The molecule has 0 saturated heterocycles. The molecular formula is C15H15ClN4O2. The van der Waals surface area contributed by atoms with Gasteiger partial charge in [-0.05, 0) is 43.4 Å². The number of aromatic nitrogens is 2. The van der Waals surface area contributed by atoms with Gasteiger partial charge in [0, 0.05) is 5.56 Å². The quantitative estimate of drug-likeness (QED) is 0.742. The number of aromatic hydroxyl groups is 1. The zero-order chi connectivity index (χ0) is 15.7. The van der Waals surface area contributed by atoms with Crippen LogP contribution in [0.1, 0.15) is 29.5 Å². The molecule has 2 aromatic rings. The minimum absolute atomic E-state index is 0.00356. The maximum absolute atomic E-state index is 11.4. The summed E-state index contributed by atoms with van der Waals surface area (Å²) in [6.07, 6.45) is 4.01. The van der Waals surface area contributed by atoms with Gasteiger partial charge in [-0.25, -0.2) is 5.10 Å². The van der Waals surface area contributed by atoms with Crippen LogP contribution in [0.3, 0.4) is 0 Å². The molecule has 22 heavy (non-hydrogen) atoms. The second kappa shape index (κ2) is 5.81. The highest BCUT2D eigenvalue weighted by atomic mass is 35.5. The number of hydrazone groups is 1. The van der Waals surface area contributed by atoms with Crippen molar-refractivity contribution in [3.63, 3.8) is 0 Å². The summed E-state index contributed by atoms with van der Waals surface area (Å²) in [5.41, 5.74) is 6.39. The topological polar surface area (TPSA) is 90.4 Å². The highest BCUT2D eigenvalue weighted by molar-refractivity contribution is 6.32. The van der Waals surface area contributed by atoms with Crippen LogP contribution >= 0.6 is 11.6 Å². The zero-order valence-electron chi connectivity index (χ0n) is 12.0. The van der Waals surface area contributed by atoms with Crippen molar-refractivity contribution in [3.8, 4) is 5.75 Å². The summed E-state index contributed by atoms with van der Waals surface area (Å²) in [5.74, 6) is 0.219. The van der Waals surface area contributed by atoms with Crippen molar-refractivity contribution in [1.82, 2.24) is 10.2 Å². The van der Waals surface area contributed by atoms with Gasteiger partial charge >= 0.3 is 0 Å². The molecule has 0 atom stereocenters. The van der Waals surface area contributed by atoms with Crippen molar-refractivity contribution < 1.29 is 5.11 Å². The number of nitrogens with one attached hydrogen (secondary N) is 2. The number of hydrogen-bond acceptors (Lipinski definition) is 5. The first kappa shape index (κ1) is 14.6. The Bertz CT molecular complexity index is 814. The number of anilines is 1. The predicted octanol–water partition coefficient (Wildman–Crippen LogP) is 2.59. The Hall–Kier alpha value is -2.34. The number of phenolic OH excluding ortho intramolecular Hbond substituents is 1. The molecule has 0 fully saturated rings. The maximum atomic E-state index is 11.4. The van der Waals surface area contributed by atoms with Crippen molar-refractivity contribution >= 4 is 23.0 Å². The minimum Gasteiger partial charge on any atom is -0.507 e. The van der Waals surface area contributed by atoms with Gasteiger partial charge in [0.25, 0.3) is 5.56 Å². The lowest BCUT2D eigenvalue weighted by atomic mass is 9.86. The molecule has 0 saturated carbocycles.